The molecule has 0 aliphatic heterocycles. The van der Waals surface area contributed by atoms with Crippen LogP contribution in [-0.2, 0) is 13.6 Å². The molecule has 0 saturated carbocycles. The van der Waals surface area contributed by atoms with Gasteiger partial charge in [0, 0.05) is 36.5 Å². The maximum Gasteiger partial charge on any atom is 0.230 e. The molecule has 2 aromatic carbocycles. The largest absolute Gasteiger partial charge is 0.343 e. The molecule has 4 rings (SSSR count). The smallest absolute Gasteiger partial charge is 0.230 e. The minimum atomic E-state index is 0.129. The van der Waals surface area contributed by atoms with Crippen LogP contribution >= 0.6 is 0 Å². The van der Waals surface area contributed by atoms with Crippen molar-refractivity contribution in [1.82, 2.24) is 4.57 Å². The number of fused-ring (bicyclic) bond motifs is 1. The number of aryl methyl sites for hydroxylation is 2. The summed E-state index contributed by atoms with van der Waals surface area (Å²) in [6.07, 6.45) is 1.98. The van der Waals surface area contributed by atoms with Gasteiger partial charge in [0.05, 0.1) is 11.3 Å². The highest BCUT2D eigenvalue weighted by Crippen LogP contribution is 2.33. The third-order valence-corrected chi connectivity index (χ3v) is 5.36. The summed E-state index contributed by atoms with van der Waals surface area (Å²) in [5, 5.41) is 1.01. The Morgan fingerprint density at radius 3 is 2.41 bits per heavy atom. The summed E-state index contributed by atoms with van der Waals surface area (Å²) in [7, 11) is 2.03. The highest BCUT2D eigenvalue weighted by Gasteiger charge is 2.25. The molecule has 27 heavy (non-hydrogen) atoms. The lowest BCUT2D eigenvalue weighted by atomic mass is 10.0. The summed E-state index contributed by atoms with van der Waals surface area (Å²) in [6.45, 7) is 4.47. The summed E-state index contributed by atoms with van der Waals surface area (Å²) < 4.78 is 4.17. The number of nitrogens with zero attached hydrogens (tertiary/aromatic N) is 2. The number of Topliss-reactive ketones (excluding diaryl/α,β-unsaturated/α-hetero) is 1. The summed E-state index contributed by atoms with van der Waals surface area (Å²) >= 11 is 0. The molecule has 0 spiro atoms. The number of para-hydroxylation sites is 1. The van der Waals surface area contributed by atoms with Gasteiger partial charge in [0.1, 0.15) is 0 Å². The number of carbonyl (C=O) groups excluding carboxylic acids is 1. The Balaban J connectivity index is 1.90. The first-order valence-corrected chi connectivity index (χ1v) is 9.19. The number of carbonyl (C=O) groups is 1. The van der Waals surface area contributed by atoms with Gasteiger partial charge in [-0.25, -0.2) is 0 Å². The molecule has 4 aromatic rings. The van der Waals surface area contributed by atoms with Crippen LogP contribution in [0.25, 0.3) is 22.2 Å². The first-order chi connectivity index (χ1) is 13.1. The van der Waals surface area contributed by atoms with Crippen molar-refractivity contribution in [3.05, 3.63) is 89.7 Å². The second-order valence-electron chi connectivity index (χ2n) is 6.99. The van der Waals surface area contributed by atoms with Gasteiger partial charge in [0.25, 0.3) is 0 Å². The number of ketones is 1. The molecule has 0 unspecified atom stereocenters. The van der Waals surface area contributed by atoms with E-state index >= 15 is 0 Å². The standard InChI is InChI=1S/C24H23N2O/c1-17-10-9-15-26(18(17)2)16-22(27)23-20-13-7-8-14-21(20)25(3)24(23)19-11-5-4-6-12-19/h4-15H,16H2,1-3H3/q+1. The van der Waals surface area contributed by atoms with Crippen LogP contribution in [0.2, 0.25) is 0 Å². The van der Waals surface area contributed by atoms with Gasteiger partial charge in [-0.1, -0.05) is 48.5 Å². The average molecular weight is 355 g/mol. The van der Waals surface area contributed by atoms with Crippen LogP contribution in [0.5, 0.6) is 0 Å². The Labute approximate surface area is 159 Å². The molecule has 3 heteroatoms. The zero-order chi connectivity index (χ0) is 19.0. The van der Waals surface area contributed by atoms with E-state index in [0.29, 0.717) is 6.54 Å². The molecular formula is C24H23N2O+. The second kappa shape index (κ2) is 6.84. The van der Waals surface area contributed by atoms with Crippen LogP contribution in [0.1, 0.15) is 21.6 Å². The van der Waals surface area contributed by atoms with Gasteiger partial charge in [0.2, 0.25) is 12.3 Å². The first kappa shape index (κ1) is 17.2. The molecule has 0 aliphatic carbocycles. The van der Waals surface area contributed by atoms with E-state index in [1.807, 2.05) is 60.3 Å². The molecule has 2 heterocycles. The van der Waals surface area contributed by atoms with E-state index in [-0.39, 0.29) is 5.78 Å². The highest BCUT2D eigenvalue weighted by atomic mass is 16.1. The van der Waals surface area contributed by atoms with Gasteiger partial charge in [-0.2, -0.15) is 4.57 Å². The van der Waals surface area contributed by atoms with Crippen molar-refractivity contribution in [3.63, 3.8) is 0 Å². The summed E-state index contributed by atoms with van der Waals surface area (Å²) in [5.41, 5.74) is 6.22. The van der Waals surface area contributed by atoms with Crippen molar-refractivity contribution in [2.45, 2.75) is 20.4 Å². The van der Waals surface area contributed by atoms with Crippen LogP contribution in [0.15, 0.2) is 72.9 Å². The first-order valence-electron chi connectivity index (χ1n) is 9.19. The van der Waals surface area contributed by atoms with E-state index in [4.69, 9.17) is 0 Å². The lowest BCUT2D eigenvalue weighted by Gasteiger charge is -2.08. The zero-order valence-electron chi connectivity index (χ0n) is 15.9. The normalized spacial score (nSPS) is 11.1. The predicted molar refractivity (Wildman–Crippen MR) is 109 cm³/mol. The van der Waals surface area contributed by atoms with Crippen molar-refractivity contribution in [1.29, 1.82) is 0 Å². The molecule has 3 nitrogen and oxygen atoms in total. The molecule has 2 aromatic heterocycles. The van der Waals surface area contributed by atoms with Gasteiger partial charge < -0.3 is 4.57 Å². The van der Waals surface area contributed by atoms with Crippen LogP contribution in [0.3, 0.4) is 0 Å². The van der Waals surface area contributed by atoms with E-state index in [1.54, 1.807) is 0 Å². The van der Waals surface area contributed by atoms with Crippen molar-refractivity contribution in [3.8, 4) is 11.3 Å². The van der Waals surface area contributed by atoms with Crippen LogP contribution in [0, 0.1) is 13.8 Å². The second-order valence-corrected chi connectivity index (χ2v) is 6.99. The third kappa shape index (κ3) is 2.95. The average Bonchev–Trinajstić information content (AvgIpc) is 2.99. The Morgan fingerprint density at radius 1 is 0.926 bits per heavy atom. The molecule has 0 bridgehead atoms. The fourth-order valence-corrected chi connectivity index (χ4v) is 3.76. The number of benzene rings is 2. The molecule has 0 atom stereocenters. The van der Waals surface area contributed by atoms with Crippen LogP contribution in [0.4, 0.5) is 0 Å². The minimum absolute atomic E-state index is 0.129. The monoisotopic (exact) mass is 355 g/mol. The summed E-state index contributed by atoms with van der Waals surface area (Å²) in [5.74, 6) is 0.129. The lowest BCUT2D eigenvalue weighted by Crippen LogP contribution is -2.41. The van der Waals surface area contributed by atoms with Gasteiger partial charge in [-0.05, 0) is 24.6 Å². The van der Waals surface area contributed by atoms with Gasteiger partial charge >= 0.3 is 0 Å². The zero-order valence-corrected chi connectivity index (χ0v) is 15.9. The Bertz CT molecular complexity index is 1140. The molecule has 0 amide bonds. The minimum Gasteiger partial charge on any atom is -0.343 e. The molecular weight excluding hydrogens is 332 g/mol. The quantitative estimate of drug-likeness (QED) is 0.387. The van der Waals surface area contributed by atoms with Gasteiger partial charge in [0.15, 0.2) is 11.9 Å². The van der Waals surface area contributed by atoms with E-state index in [2.05, 4.69) is 42.7 Å². The van der Waals surface area contributed by atoms with Gasteiger partial charge in [-0.15, -0.1) is 0 Å². The highest BCUT2D eigenvalue weighted by molar-refractivity contribution is 6.13. The van der Waals surface area contributed by atoms with Gasteiger partial charge in [-0.3, -0.25) is 4.79 Å². The Kier molecular flexibility index (Phi) is 4.36. The van der Waals surface area contributed by atoms with Crippen molar-refractivity contribution < 1.29 is 9.36 Å². The summed E-state index contributed by atoms with van der Waals surface area (Å²) in [4.78, 5) is 13.5. The molecule has 0 saturated heterocycles. The molecule has 0 aliphatic rings. The maximum absolute atomic E-state index is 13.5. The van der Waals surface area contributed by atoms with Crippen LogP contribution < -0.4 is 4.57 Å². The number of pyridine rings is 1. The van der Waals surface area contributed by atoms with E-state index in [0.717, 1.165) is 33.4 Å². The molecule has 0 N–H and O–H groups in total. The third-order valence-electron chi connectivity index (χ3n) is 5.36. The number of hydrogen-bond donors (Lipinski definition) is 0. The molecule has 134 valence electrons. The van der Waals surface area contributed by atoms with E-state index < -0.39 is 0 Å². The fraction of sp³-hybridized carbons (Fsp3) is 0.167. The SMILES string of the molecule is Cc1ccc[n+](CC(=O)c2c(-c3ccccc3)n(C)c3ccccc23)c1C. The lowest BCUT2D eigenvalue weighted by molar-refractivity contribution is -0.689. The molecule has 0 fully saturated rings. The maximum atomic E-state index is 13.5. The van der Waals surface area contributed by atoms with E-state index in [1.165, 1.54) is 5.56 Å². The van der Waals surface area contributed by atoms with Crippen molar-refractivity contribution >= 4 is 16.7 Å². The molecule has 0 radical (unpaired) electrons. The Hall–Kier alpha value is -3.20. The number of rotatable bonds is 4. The van der Waals surface area contributed by atoms with Crippen molar-refractivity contribution in [2.75, 3.05) is 0 Å². The number of hydrogen-bond acceptors (Lipinski definition) is 1. The predicted octanol–water partition coefficient (Wildman–Crippen LogP) is 4.63. The summed E-state index contributed by atoms with van der Waals surface area (Å²) in [6, 6.07) is 22.4. The van der Waals surface area contributed by atoms with E-state index in [9.17, 15) is 4.79 Å². The Morgan fingerprint density at radius 2 is 1.63 bits per heavy atom. The topological polar surface area (TPSA) is 25.9 Å². The number of aromatic nitrogens is 2. The van der Waals surface area contributed by atoms with Crippen LogP contribution in [-0.4, -0.2) is 10.4 Å². The van der Waals surface area contributed by atoms with Crippen molar-refractivity contribution in [2.24, 2.45) is 7.05 Å². The fourth-order valence-electron chi connectivity index (χ4n) is 3.76.